The van der Waals surface area contributed by atoms with E-state index in [1.54, 1.807) is 0 Å². The summed E-state index contributed by atoms with van der Waals surface area (Å²) in [5, 5.41) is 3.33. The van der Waals surface area contributed by atoms with E-state index in [4.69, 9.17) is 10.6 Å². The first kappa shape index (κ1) is 16.7. The maximum Gasteiger partial charge on any atom is 0.148 e. The second-order valence-electron chi connectivity index (χ2n) is 5.03. The molecule has 114 valence electrons. The minimum absolute atomic E-state index is 0.297. The Balaban J connectivity index is 2.43. The van der Waals surface area contributed by atoms with Gasteiger partial charge in [0.15, 0.2) is 0 Å². The van der Waals surface area contributed by atoms with Crippen molar-refractivity contribution in [3.05, 3.63) is 11.9 Å². The Morgan fingerprint density at radius 1 is 1.20 bits per heavy atom. The van der Waals surface area contributed by atoms with Gasteiger partial charge in [0.2, 0.25) is 0 Å². The Morgan fingerprint density at radius 3 is 2.55 bits per heavy atom. The summed E-state index contributed by atoms with van der Waals surface area (Å²) in [6.45, 7) is 8.81. The van der Waals surface area contributed by atoms with Crippen LogP contribution in [0.5, 0.6) is 0 Å². The van der Waals surface area contributed by atoms with E-state index in [9.17, 15) is 0 Å². The predicted molar refractivity (Wildman–Crippen MR) is 82.8 cm³/mol. The number of unbranched alkanes of at least 4 members (excludes halogenated alkanes) is 1. The molecule has 0 aliphatic rings. The first-order valence-corrected chi connectivity index (χ1v) is 7.33. The lowest BCUT2D eigenvalue weighted by atomic mass is 10.0. The van der Waals surface area contributed by atoms with Crippen LogP contribution < -0.4 is 16.6 Å². The minimum Gasteiger partial charge on any atom is -0.381 e. The second-order valence-corrected chi connectivity index (χ2v) is 5.03. The Hall–Kier alpha value is -1.40. The number of hydrogen-bond acceptors (Lipinski definition) is 6. The van der Waals surface area contributed by atoms with E-state index in [-0.39, 0.29) is 0 Å². The average Bonchev–Trinajstić information content (AvgIpc) is 2.45. The Kier molecular flexibility index (Phi) is 7.91. The third-order valence-electron chi connectivity index (χ3n) is 3.00. The van der Waals surface area contributed by atoms with Gasteiger partial charge in [0.05, 0.1) is 0 Å². The van der Waals surface area contributed by atoms with Crippen LogP contribution in [0.3, 0.4) is 0 Å². The fraction of sp³-hybridized carbons (Fsp3) is 0.714. The summed E-state index contributed by atoms with van der Waals surface area (Å²) in [6, 6.07) is 0. The fourth-order valence-electron chi connectivity index (χ4n) is 1.93. The van der Waals surface area contributed by atoms with Gasteiger partial charge in [-0.1, -0.05) is 27.2 Å². The lowest BCUT2D eigenvalue weighted by Crippen LogP contribution is -2.16. The fourth-order valence-corrected chi connectivity index (χ4v) is 1.93. The van der Waals surface area contributed by atoms with Crippen molar-refractivity contribution in [2.45, 2.75) is 46.0 Å². The zero-order chi connectivity index (χ0) is 14.8. The molecule has 1 aromatic rings. The summed E-state index contributed by atoms with van der Waals surface area (Å²) < 4.78 is 5.53. The molecule has 4 N–H and O–H groups in total. The van der Waals surface area contributed by atoms with Crippen molar-refractivity contribution < 1.29 is 4.74 Å². The molecule has 0 amide bonds. The third kappa shape index (κ3) is 5.30. The number of rotatable bonds is 10. The molecule has 6 nitrogen and oxygen atoms in total. The van der Waals surface area contributed by atoms with Crippen LogP contribution in [0.25, 0.3) is 0 Å². The highest BCUT2D eigenvalue weighted by Gasteiger charge is 2.13. The molecule has 0 radical (unpaired) electrons. The monoisotopic (exact) mass is 281 g/mol. The maximum atomic E-state index is 5.53. The van der Waals surface area contributed by atoms with E-state index >= 15 is 0 Å². The zero-order valence-corrected chi connectivity index (χ0v) is 12.8. The summed E-state index contributed by atoms with van der Waals surface area (Å²) in [4.78, 5) is 8.44. The lowest BCUT2D eigenvalue weighted by molar-refractivity contribution is 0.131. The van der Waals surface area contributed by atoms with Gasteiger partial charge in [0.25, 0.3) is 0 Å². The Labute approximate surface area is 121 Å². The first-order chi connectivity index (χ1) is 9.70. The molecule has 1 aromatic heterocycles. The molecule has 1 rings (SSSR count). The molecule has 0 aromatic carbocycles. The van der Waals surface area contributed by atoms with Crippen molar-refractivity contribution >= 4 is 11.6 Å². The average molecular weight is 281 g/mol. The summed E-state index contributed by atoms with van der Waals surface area (Å²) in [5.41, 5.74) is 3.64. The molecule has 0 saturated heterocycles. The van der Waals surface area contributed by atoms with Gasteiger partial charge >= 0.3 is 0 Å². The molecule has 20 heavy (non-hydrogen) atoms. The van der Waals surface area contributed by atoms with E-state index < -0.39 is 0 Å². The van der Waals surface area contributed by atoms with Gasteiger partial charge in [-0.05, 0) is 18.8 Å². The number of ether oxygens (including phenoxy) is 1. The highest BCUT2D eigenvalue weighted by Crippen LogP contribution is 2.27. The van der Waals surface area contributed by atoms with Gasteiger partial charge in [-0.25, -0.2) is 15.8 Å². The summed E-state index contributed by atoms with van der Waals surface area (Å²) in [6.07, 6.45) is 4.77. The van der Waals surface area contributed by atoms with Crippen LogP contribution in [0.15, 0.2) is 6.33 Å². The number of anilines is 2. The number of hydrazine groups is 1. The Bertz CT molecular complexity index is 384. The molecule has 0 bridgehead atoms. The molecule has 0 unspecified atom stereocenters. The van der Waals surface area contributed by atoms with Gasteiger partial charge in [0.1, 0.15) is 18.0 Å². The highest BCUT2D eigenvalue weighted by atomic mass is 16.5. The lowest BCUT2D eigenvalue weighted by Gasteiger charge is -2.16. The number of nitrogens with one attached hydrogen (secondary N) is 2. The first-order valence-electron chi connectivity index (χ1n) is 7.33. The van der Waals surface area contributed by atoms with Crippen molar-refractivity contribution in [1.29, 1.82) is 0 Å². The van der Waals surface area contributed by atoms with E-state index in [1.165, 1.54) is 12.7 Å². The zero-order valence-electron chi connectivity index (χ0n) is 12.8. The Morgan fingerprint density at radius 2 is 1.90 bits per heavy atom. The predicted octanol–water partition coefficient (Wildman–Crippen LogP) is 2.50. The summed E-state index contributed by atoms with van der Waals surface area (Å²) in [5.74, 6) is 7.31. The molecule has 6 heteroatoms. The van der Waals surface area contributed by atoms with Gasteiger partial charge in [-0.3, -0.25) is 0 Å². The number of hydrogen-bond donors (Lipinski definition) is 3. The van der Waals surface area contributed by atoms with Crippen molar-refractivity contribution in [3.8, 4) is 0 Å². The molecule has 0 saturated carbocycles. The van der Waals surface area contributed by atoms with Crippen molar-refractivity contribution in [1.82, 2.24) is 9.97 Å². The molecule has 0 atom stereocenters. The van der Waals surface area contributed by atoms with Gasteiger partial charge < -0.3 is 15.5 Å². The van der Waals surface area contributed by atoms with E-state index in [0.29, 0.717) is 11.7 Å². The molecule has 0 aliphatic heterocycles. The number of nitrogens with zero attached hydrogens (tertiary/aromatic N) is 2. The molecule has 0 fully saturated rings. The SMILES string of the molecule is CCCCOCCCNc1ncnc(NN)c1C(C)C. The van der Waals surface area contributed by atoms with E-state index in [2.05, 4.69) is 41.5 Å². The smallest absolute Gasteiger partial charge is 0.148 e. The maximum absolute atomic E-state index is 5.53. The van der Waals surface area contributed by atoms with Gasteiger partial charge in [-0.2, -0.15) is 0 Å². The van der Waals surface area contributed by atoms with Crippen LogP contribution in [0, 0.1) is 0 Å². The number of nitrogen functional groups attached to an aromatic ring is 1. The largest absolute Gasteiger partial charge is 0.381 e. The quantitative estimate of drug-likeness (QED) is 0.347. The highest BCUT2D eigenvalue weighted by molar-refractivity contribution is 5.58. The van der Waals surface area contributed by atoms with Gasteiger partial charge in [-0.15, -0.1) is 0 Å². The van der Waals surface area contributed by atoms with E-state index in [0.717, 1.165) is 44.0 Å². The molecule has 0 aliphatic carbocycles. The summed E-state index contributed by atoms with van der Waals surface area (Å²) in [7, 11) is 0. The molecule has 0 spiro atoms. The second kappa shape index (κ2) is 9.50. The summed E-state index contributed by atoms with van der Waals surface area (Å²) >= 11 is 0. The number of aromatic nitrogens is 2. The van der Waals surface area contributed by atoms with Crippen LogP contribution >= 0.6 is 0 Å². The van der Waals surface area contributed by atoms with Crippen LogP contribution in [-0.4, -0.2) is 29.7 Å². The topological polar surface area (TPSA) is 85.1 Å². The van der Waals surface area contributed by atoms with Crippen LogP contribution in [0.4, 0.5) is 11.6 Å². The minimum atomic E-state index is 0.297. The van der Waals surface area contributed by atoms with Crippen molar-refractivity contribution in [3.63, 3.8) is 0 Å². The van der Waals surface area contributed by atoms with Crippen molar-refractivity contribution in [2.24, 2.45) is 5.84 Å². The van der Waals surface area contributed by atoms with Crippen LogP contribution in [0.1, 0.15) is 51.5 Å². The standard InChI is InChI=1S/C14H27N5O/c1-4-5-8-20-9-6-7-16-13-12(11(2)3)14(19-15)18-10-17-13/h10-11H,4-9,15H2,1-3H3,(H2,16,17,18,19). The molecular formula is C14H27N5O. The molecule has 1 heterocycles. The van der Waals surface area contributed by atoms with Crippen LogP contribution in [0.2, 0.25) is 0 Å². The normalized spacial score (nSPS) is 10.8. The van der Waals surface area contributed by atoms with Crippen molar-refractivity contribution in [2.75, 3.05) is 30.5 Å². The van der Waals surface area contributed by atoms with E-state index in [1.807, 2.05) is 0 Å². The number of nitrogens with two attached hydrogens (primary N) is 1. The van der Waals surface area contributed by atoms with Gasteiger partial charge in [0, 0.05) is 25.3 Å². The third-order valence-corrected chi connectivity index (χ3v) is 3.00. The molecular weight excluding hydrogens is 254 g/mol. The van der Waals surface area contributed by atoms with Crippen LogP contribution in [-0.2, 0) is 4.74 Å².